The molecule has 0 aliphatic carbocycles. The number of nitrogens with zero attached hydrogens (tertiary/aromatic N) is 3. The molecule has 6 heteroatoms. The highest BCUT2D eigenvalue weighted by Crippen LogP contribution is 2.32. The van der Waals surface area contributed by atoms with Gasteiger partial charge in [-0.2, -0.15) is 4.98 Å². The van der Waals surface area contributed by atoms with Crippen molar-refractivity contribution in [2.24, 2.45) is 0 Å². The summed E-state index contributed by atoms with van der Waals surface area (Å²) in [6, 6.07) is 17.4. The Kier molecular flexibility index (Phi) is 5.74. The number of hydrogen-bond donors (Lipinski definition) is 1. The summed E-state index contributed by atoms with van der Waals surface area (Å²) >= 11 is 12.4. The predicted molar refractivity (Wildman–Crippen MR) is 105 cm³/mol. The molecule has 0 atom stereocenters. The van der Waals surface area contributed by atoms with E-state index in [1.165, 1.54) is 5.56 Å². The summed E-state index contributed by atoms with van der Waals surface area (Å²) in [6.07, 6.45) is 1.73. The zero-order valence-corrected chi connectivity index (χ0v) is 15.3. The van der Waals surface area contributed by atoms with E-state index in [9.17, 15) is 0 Å². The lowest BCUT2D eigenvalue weighted by Crippen LogP contribution is -2.24. The van der Waals surface area contributed by atoms with E-state index in [1.807, 2.05) is 18.2 Å². The molecule has 1 heterocycles. The van der Waals surface area contributed by atoms with Gasteiger partial charge in [-0.1, -0.05) is 59.6 Å². The third kappa shape index (κ3) is 4.41. The quantitative estimate of drug-likeness (QED) is 0.615. The van der Waals surface area contributed by atoms with E-state index in [0.717, 1.165) is 13.1 Å². The van der Waals surface area contributed by atoms with Gasteiger partial charge < -0.3 is 10.2 Å². The van der Waals surface area contributed by atoms with Crippen molar-refractivity contribution >= 4 is 40.7 Å². The van der Waals surface area contributed by atoms with Gasteiger partial charge in [0.15, 0.2) is 0 Å². The molecule has 0 radical (unpaired) electrons. The molecule has 0 unspecified atom stereocenters. The smallest absolute Gasteiger partial charge is 0.227 e. The topological polar surface area (TPSA) is 41.1 Å². The van der Waals surface area contributed by atoms with Gasteiger partial charge in [0, 0.05) is 19.3 Å². The highest BCUT2D eigenvalue weighted by molar-refractivity contribution is 6.39. The normalized spacial score (nSPS) is 10.5. The molecule has 0 spiro atoms. The molecule has 0 bridgehead atoms. The monoisotopic (exact) mass is 372 g/mol. The molecule has 4 nitrogen and oxygen atoms in total. The van der Waals surface area contributed by atoms with E-state index in [1.54, 1.807) is 30.5 Å². The standard InChI is InChI=1S/C19H18Cl2N4/c1-2-25(13-14-7-4-3-5-8-14)19-22-12-11-17(24-19)23-18-15(20)9-6-10-16(18)21/h3-12H,2,13H2,1H3,(H,22,23,24). The van der Waals surface area contributed by atoms with Crippen LogP contribution in [0.3, 0.4) is 0 Å². The van der Waals surface area contributed by atoms with Gasteiger partial charge in [-0.05, 0) is 30.7 Å². The Labute approximate surface area is 157 Å². The number of rotatable bonds is 6. The van der Waals surface area contributed by atoms with Crippen molar-refractivity contribution in [1.29, 1.82) is 0 Å². The first-order valence-corrected chi connectivity index (χ1v) is 8.76. The largest absolute Gasteiger partial charge is 0.338 e. The maximum Gasteiger partial charge on any atom is 0.227 e. The Morgan fingerprint density at radius 2 is 1.68 bits per heavy atom. The van der Waals surface area contributed by atoms with Crippen LogP contribution < -0.4 is 10.2 Å². The number of nitrogens with one attached hydrogen (secondary N) is 1. The van der Waals surface area contributed by atoms with Crippen LogP contribution >= 0.6 is 23.2 Å². The molecule has 2 aromatic carbocycles. The maximum absolute atomic E-state index is 6.22. The van der Waals surface area contributed by atoms with Crippen LogP contribution in [-0.4, -0.2) is 16.5 Å². The van der Waals surface area contributed by atoms with Crippen LogP contribution in [0, 0.1) is 0 Å². The second kappa shape index (κ2) is 8.19. The van der Waals surface area contributed by atoms with Crippen molar-refractivity contribution in [3.8, 4) is 0 Å². The first-order valence-electron chi connectivity index (χ1n) is 8.00. The summed E-state index contributed by atoms with van der Waals surface area (Å²) in [4.78, 5) is 11.1. The number of anilines is 3. The minimum atomic E-state index is 0.546. The Balaban J connectivity index is 1.83. The highest BCUT2D eigenvalue weighted by atomic mass is 35.5. The van der Waals surface area contributed by atoms with Gasteiger partial charge in [0.2, 0.25) is 5.95 Å². The average Bonchev–Trinajstić information content (AvgIpc) is 2.64. The van der Waals surface area contributed by atoms with Gasteiger partial charge in [0.05, 0.1) is 15.7 Å². The minimum Gasteiger partial charge on any atom is -0.338 e. The number of para-hydroxylation sites is 1. The minimum absolute atomic E-state index is 0.546. The molecular weight excluding hydrogens is 355 g/mol. The third-order valence-electron chi connectivity index (χ3n) is 3.74. The van der Waals surface area contributed by atoms with Gasteiger partial charge in [-0.15, -0.1) is 0 Å². The summed E-state index contributed by atoms with van der Waals surface area (Å²) in [7, 11) is 0. The summed E-state index contributed by atoms with van der Waals surface area (Å²) in [5, 5.41) is 4.27. The zero-order chi connectivity index (χ0) is 17.6. The summed E-state index contributed by atoms with van der Waals surface area (Å²) in [5.74, 6) is 1.30. The van der Waals surface area contributed by atoms with Crippen LogP contribution in [0.4, 0.5) is 17.5 Å². The second-order valence-corrected chi connectivity index (χ2v) is 6.28. The number of benzene rings is 2. The van der Waals surface area contributed by atoms with Crippen molar-refractivity contribution in [3.63, 3.8) is 0 Å². The molecule has 1 aromatic heterocycles. The predicted octanol–water partition coefficient (Wildman–Crippen LogP) is 5.55. The Bertz CT molecular complexity index is 820. The van der Waals surface area contributed by atoms with Crippen molar-refractivity contribution in [2.75, 3.05) is 16.8 Å². The van der Waals surface area contributed by atoms with Crippen molar-refractivity contribution in [2.45, 2.75) is 13.5 Å². The van der Waals surface area contributed by atoms with Gasteiger partial charge in [0.1, 0.15) is 5.82 Å². The second-order valence-electron chi connectivity index (χ2n) is 5.46. The Morgan fingerprint density at radius 1 is 0.960 bits per heavy atom. The molecule has 3 aromatic rings. The molecule has 0 aliphatic rings. The summed E-state index contributed by atoms with van der Waals surface area (Å²) in [5.41, 5.74) is 1.85. The van der Waals surface area contributed by atoms with Crippen molar-refractivity contribution in [3.05, 3.63) is 76.4 Å². The summed E-state index contributed by atoms with van der Waals surface area (Å²) in [6.45, 7) is 3.62. The van der Waals surface area contributed by atoms with Crippen LogP contribution in [0.5, 0.6) is 0 Å². The van der Waals surface area contributed by atoms with Gasteiger partial charge in [-0.3, -0.25) is 0 Å². The van der Waals surface area contributed by atoms with E-state index in [0.29, 0.717) is 27.5 Å². The van der Waals surface area contributed by atoms with Crippen LogP contribution in [0.25, 0.3) is 0 Å². The van der Waals surface area contributed by atoms with E-state index >= 15 is 0 Å². The van der Waals surface area contributed by atoms with E-state index in [-0.39, 0.29) is 0 Å². The van der Waals surface area contributed by atoms with Crippen molar-refractivity contribution < 1.29 is 0 Å². The Morgan fingerprint density at radius 3 is 2.36 bits per heavy atom. The first kappa shape index (κ1) is 17.5. The Hall–Kier alpha value is -2.30. The first-order chi connectivity index (χ1) is 12.2. The molecule has 25 heavy (non-hydrogen) atoms. The molecule has 0 fully saturated rings. The van der Waals surface area contributed by atoms with Gasteiger partial charge in [-0.25, -0.2) is 4.98 Å². The maximum atomic E-state index is 6.22. The number of aromatic nitrogens is 2. The van der Waals surface area contributed by atoms with E-state index in [2.05, 4.69) is 39.2 Å². The molecule has 3 rings (SSSR count). The number of hydrogen-bond acceptors (Lipinski definition) is 4. The molecule has 0 aliphatic heterocycles. The molecule has 0 amide bonds. The molecular formula is C19H18Cl2N4. The van der Waals surface area contributed by atoms with Gasteiger partial charge >= 0.3 is 0 Å². The van der Waals surface area contributed by atoms with Crippen molar-refractivity contribution in [1.82, 2.24) is 9.97 Å². The fourth-order valence-electron chi connectivity index (χ4n) is 2.44. The van der Waals surface area contributed by atoms with E-state index < -0.39 is 0 Å². The zero-order valence-electron chi connectivity index (χ0n) is 13.8. The van der Waals surface area contributed by atoms with E-state index in [4.69, 9.17) is 23.2 Å². The average molecular weight is 373 g/mol. The lowest BCUT2D eigenvalue weighted by atomic mass is 10.2. The SMILES string of the molecule is CCN(Cc1ccccc1)c1nccc(Nc2c(Cl)cccc2Cl)n1. The van der Waals surface area contributed by atoms with Crippen LogP contribution in [-0.2, 0) is 6.54 Å². The fraction of sp³-hybridized carbons (Fsp3) is 0.158. The van der Waals surface area contributed by atoms with Crippen LogP contribution in [0.1, 0.15) is 12.5 Å². The molecule has 0 saturated heterocycles. The molecule has 0 saturated carbocycles. The lowest BCUT2D eigenvalue weighted by molar-refractivity contribution is 0.792. The van der Waals surface area contributed by atoms with Crippen LogP contribution in [0.15, 0.2) is 60.8 Å². The molecule has 1 N–H and O–H groups in total. The highest BCUT2D eigenvalue weighted by Gasteiger charge is 2.11. The lowest BCUT2D eigenvalue weighted by Gasteiger charge is -2.21. The third-order valence-corrected chi connectivity index (χ3v) is 4.37. The fourth-order valence-corrected chi connectivity index (χ4v) is 2.94. The van der Waals surface area contributed by atoms with Gasteiger partial charge in [0.25, 0.3) is 0 Å². The van der Waals surface area contributed by atoms with Crippen LogP contribution in [0.2, 0.25) is 10.0 Å². The summed E-state index contributed by atoms with van der Waals surface area (Å²) < 4.78 is 0. The molecule has 128 valence electrons. The number of halogens is 2.